The van der Waals surface area contributed by atoms with Crippen LogP contribution in [0.2, 0.25) is 0 Å². The molecule has 0 radical (unpaired) electrons. The summed E-state index contributed by atoms with van der Waals surface area (Å²) >= 11 is 0. The fourth-order valence-corrected chi connectivity index (χ4v) is 2.61. The van der Waals surface area contributed by atoms with Crippen molar-refractivity contribution < 1.29 is 9.53 Å². The topological polar surface area (TPSA) is 29.5 Å². The van der Waals surface area contributed by atoms with Gasteiger partial charge < -0.3 is 9.64 Å². The zero-order valence-electron chi connectivity index (χ0n) is 8.66. The first kappa shape index (κ1) is 8.72. The lowest BCUT2D eigenvalue weighted by atomic mass is 10.1. The largest absolute Gasteiger partial charge is 0.376 e. The third-order valence-electron chi connectivity index (χ3n) is 3.96. The normalized spacial score (nSPS) is 43.2. The van der Waals surface area contributed by atoms with Gasteiger partial charge in [0.2, 0.25) is 5.91 Å². The number of fused-ring (bicyclic) bond motifs is 1. The summed E-state index contributed by atoms with van der Waals surface area (Å²) in [7, 11) is 1.92. The lowest BCUT2D eigenvalue weighted by Gasteiger charge is -2.22. The molecular weight excluding hydrogens is 178 g/mol. The molecule has 3 nitrogen and oxygen atoms in total. The average Bonchev–Trinajstić information content (AvgIpc) is 2.94. The summed E-state index contributed by atoms with van der Waals surface area (Å²) in [5, 5.41) is 0. The van der Waals surface area contributed by atoms with E-state index in [1.165, 1.54) is 0 Å². The molecule has 1 amide bonds. The molecule has 3 fully saturated rings. The van der Waals surface area contributed by atoms with Crippen LogP contribution in [-0.2, 0) is 9.53 Å². The summed E-state index contributed by atoms with van der Waals surface area (Å²) in [5.41, 5.74) is 0.132. The summed E-state index contributed by atoms with van der Waals surface area (Å²) in [4.78, 5) is 13.8. The maximum Gasteiger partial charge on any atom is 0.228 e. The van der Waals surface area contributed by atoms with Crippen molar-refractivity contribution in [1.29, 1.82) is 0 Å². The Bertz CT molecular complexity index is 264. The van der Waals surface area contributed by atoms with Crippen LogP contribution in [0.3, 0.4) is 0 Å². The first-order chi connectivity index (χ1) is 6.72. The van der Waals surface area contributed by atoms with E-state index >= 15 is 0 Å². The molecule has 0 aromatic rings. The molecule has 1 saturated heterocycles. The smallest absolute Gasteiger partial charge is 0.228 e. The van der Waals surface area contributed by atoms with Crippen LogP contribution in [-0.4, -0.2) is 37.1 Å². The van der Waals surface area contributed by atoms with Gasteiger partial charge in [-0.2, -0.15) is 0 Å². The van der Waals surface area contributed by atoms with E-state index in [0.29, 0.717) is 12.0 Å². The highest BCUT2D eigenvalue weighted by atomic mass is 16.5. The molecule has 3 heteroatoms. The van der Waals surface area contributed by atoms with Crippen LogP contribution in [0.5, 0.6) is 0 Å². The van der Waals surface area contributed by atoms with Crippen LogP contribution in [0.25, 0.3) is 0 Å². The Balaban J connectivity index is 1.54. The molecule has 2 aliphatic carbocycles. The lowest BCUT2D eigenvalue weighted by molar-refractivity contribution is -0.134. The Kier molecular flexibility index (Phi) is 1.69. The van der Waals surface area contributed by atoms with Crippen molar-refractivity contribution in [2.75, 3.05) is 20.2 Å². The van der Waals surface area contributed by atoms with Crippen molar-refractivity contribution >= 4 is 5.91 Å². The Hall–Kier alpha value is -0.570. The number of nitrogens with zero attached hydrogens (tertiary/aromatic N) is 1. The third kappa shape index (κ3) is 1.18. The Labute approximate surface area is 84.4 Å². The Morgan fingerprint density at radius 2 is 2.29 bits per heavy atom. The van der Waals surface area contributed by atoms with Gasteiger partial charge >= 0.3 is 0 Å². The van der Waals surface area contributed by atoms with Crippen LogP contribution in [0.4, 0.5) is 0 Å². The van der Waals surface area contributed by atoms with Crippen LogP contribution in [0.1, 0.15) is 25.7 Å². The van der Waals surface area contributed by atoms with Gasteiger partial charge in [-0.25, -0.2) is 0 Å². The second kappa shape index (κ2) is 2.72. The van der Waals surface area contributed by atoms with Gasteiger partial charge in [-0.3, -0.25) is 4.79 Å². The Morgan fingerprint density at radius 3 is 2.79 bits per heavy atom. The molecule has 2 saturated carbocycles. The molecule has 3 rings (SSSR count). The third-order valence-corrected chi connectivity index (χ3v) is 3.96. The van der Waals surface area contributed by atoms with Gasteiger partial charge in [-0.1, -0.05) is 0 Å². The van der Waals surface area contributed by atoms with Crippen molar-refractivity contribution in [2.24, 2.45) is 11.3 Å². The molecule has 78 valence electrons. The van der Waals surface area contributed by atoms with E-state index in [1.807, 2.05) is 11.9 Å². The van der Waals surface area contributed by atoms with Crippen molar-refractivity contribution in [3.05, 3.63) is 0 Å². The predicted octanol–water partition coefficient (Wildman–Crippen LogP) is 1.03. The number of carbonyl (C=O) groups is 1. The Morgan fingerprint density at radius 1 is 1.57 bits per heavy atom. The van der Waals surface area contributed by atoms with Crippen LogP contribution < -0.4 is 0 Å². The summed E-state index contributed by atoms with van der Waals surface area (Å²) in [6, 6.07) is 0. The van der Waals surface area contributed by atoms with Gasteiger partial charge in [-0.15, -0.1) is 0 Å². The van der Waals surface area contributed by atoms with E-state index in [4.69, 9.17) is 4.74 Å². The van der Waals surface area contributed by atoms with Crippen molar-refractivity contribution in [3.8, 4) is 0 Å². The fourth-order valence-electron chi connectivity index (χ4n) is 2.61. The first-order valence-electron chi connectivity index (χ1n) is 5.59. The van der Waals surface area contributed by atoms with Crippen molar-refractivity contribution in [1.82, 2.24) is 4.90 Å². The van der Waals surface area contributed by atoms with E-state index < -0.39 is 0 Å². The van der Waals surface area contributed by atoms with Crippen molar-refractivity contribution in [3.63, 3.8) is 0 Å². The zero-order valence-corrected chi connectivity index (χ0v) is 8.66. The summed E-state index contributed by atoms with van der Waals surface area (Å²) in [6.45, 7) is 1.67. The van der Waals surface area contributed by atoms with Gasteiger partial charge in [0.05, 0.1) is 11.5 Å². The number of ether oxygens (including phenoxy) is 1. The van der Waals surface area contributed by atoms with Gasteiger partial charge in [0.25, 0.3) is 0 Å². The molecule has 1 heterocycles. The molecule has 1 unspecified atom stereocenters. The van der Waals surface area contributed by atoms with Gasteiger partial charge in [-0.05, 0) is 31.6 Å². The first-order valence-corrected chi connectivity index (χ1v) is 5.59. The summed E-state index contributed by atoms with van der Waals surface area (Å²) in [5.74, 6) is 1.12. The molecule has 3 aliphatic rings. The zero-order chi connectivity index (χ0) is 9.76. The number of hydrogen-bond acceptors (Lipinski definition) is 2. The molecular formula is C11H17NO2. The number of rotatable bonds is 3. The molecule has 0 aromatic carbocycles. The standard InChI is InChI=1S/C11H17NO2/c1-12(7-9-3-2-4-14-9)10(13)11-5-8(11)6-11/h8-9H,2-7H2,1H3. The number of amides is 1. The van der Waals surface area contributed by atoms with E-state index in [2.05, 4.69) is 0 Å². The highest BCUT2D eigenvalue weighted by Gasteiger charge is 2.75. The monoisotopic (exact) mass is 195 g/mol. The second-order valence-electron chi connectivity index (χ2n) is 5.08. The highest BCUT2D eigenvalue weighted by molar-refractivity contribution is 5.89. The minimum atomic E-state index is 0.132. The molecule has 1 aliphatic heterocycles. The number of hydrogen-bond donors (Lipinski definition) is 0. The minimum Gasteiger partial charge on any atom is -0.376 e. The van der Waals surface area contributed by atoms with E-state index in [9.17, 15) is 4.79 Å². The maximum atomic E-state index is 11.9. The van der Waals surface area contributed by atoms with E-state index in [-0.39, 0.29) is 5.41 Å². The predicted molar refractivity (Wildman–Crippen MR) is 51.8 cm³/mol. The average molecular weight is 195 g/mol. The van der Waals surface area contributed by atoms with Crippen LogP contribution >= 0.6 is 0 Å². The van der Waals surface area contributed by atoms with Gasteiger partial charge in [0, 0.05) is 20.2 Å². The highest BCUT2D eigenvalue weighted by Crippen LogP contribution is 2.75. The van der Waals surface area contributed by atoms with Crippen LogP contribution in [0.15, 0.2) is 0 Å². The second-order valence-corrected chi connectivity index (χ2v) is 5.08. The summed E-state index contributed by atoms with van der Waals surface area (Å²) < 4.78 is 5.53. The molecule has 0 aromatic heterocycles. The molecule has 0 bridgehead atoms. The van der Waals surface area contributed by atoms with Gasteiger partial charge in [0.15, 0.2) is 0 Å². The fraction of sp³-hybridized carbons (Fsp3) is 0.909. The SMILES string of the molecule is CN(CC1CCCO1)C(=O)C12CC1C2. The molecule has 0 N–H and O–H groups in total. The summed E-state index contributed by atoms with van der Waals surface area (Å²) in [6.07, 6.45) is 4.88. The minimum absolute atomic E-state index is 0.132. The molecule has 0 spiro atoms. The van der Waals surface area contributed by atoms with Crippen LogP contribution in [0, 0.1) is 11.3 Å². The maximum absolute atomic E-state index is 11.9. The van der Waals surface area contributed by atoms with Crippen molar-refractivity contribution in [2.45, 2.75) is 31.8 Å². The quantitative estimate of drug-likeness (QED) is 0.673. The van der Waals surface area contributed by atoms with Gasteiger partial charge in [0.1, 0.15) is 0 Å². The molecule has 14 heavy (non-hydrogen) atoms. The number of likely N-dealkylation sites (N-methyl/N-ethyl adjacent to an activating group) is 1. The number of carbonyl (C=O) groups excluding carboxylic acids is 1. The van der Waals surface area contributed by atoms with E-state index in [1.54, 1.807) is 0 Å². The lowest BCUT2D eigenvalue weighted by Crippen LogP contribution is -2.36. The van der Waals surface area contributed by atoms with E-state index in [0.717, 1.165) is 44.8 Å². The molecule has 1 atom stereocenters.